The zero-order valence-corrected chi connectivity index (χ0v) is 97.5. The molecule has 14 rings (SSSR count). The van der Waals surface area contributed by atoms with Crippen LogP contribution in [-0.4, -0.2) is 27.5 Å². The number of fused-ring (bicyclic) bond motifs is 8. The summed E-state index contributed by atoms with van der Waals surface area (Å²) in [5.74, 6) is 0. The Bertz CT molecular complexity index is 5390. The SMILES string of the molecule is CCCCCCCCCCCCCCCCCCc1ccc(CCC2(CCc3ccc(CCCCCCCCCCCCCCCCCC)cc3)c3cc(C)sc3-c3sc(-c4cnc(-c5cc6c(s5)-c5sc(-c7ncc(C)c8nsnc78)cc5C6(CCc5ccc(CCCCCCCCCCCCCCCCCC)cc5)CCc5ccc(CCCCCCCCCCCCCCCCCC)cc5)c5nsnc45)cc32)cc1. The Morgan fingerprint density at radius 1 is 0.205 bits per heavy atom. The predicted octanol–water partition coefficient (Wildman–Crippen LogP) is 44.6. The highest BCUT2D eigenvalue weighted by Crippen LogP contribution is 2.64. The second-order valence-corrected chi connectivity index (χ2v) is 51.0. The summed E-state index contributed by atoms with van der Waals surface area (Å²) in [6, 6.07) is 50.0. The number of hydrogen-bond acceptors (Lipinski definition) is 12. The molecule has 146 heavy (non-hydrogen) atoms. The fourth-order valence-electron chi connectivity index (χ4n) is 24.4. The van der Waals surface area contributed by atoms with Crippen molar-refractivity contribution in [2.45, 2.75) is 540 Å². The highest BCUT2D eigenvalue weighted by molar-refractivity contribution is 7.26. The van der Waals surface area contributed by atoms with E-state index in [0.29, 0.717) is 0 Å². The number of hydrogen-bond donors (Lipinski definition) is 0. The number of unbranched alkanes of at least 4 members (excludes halogenated alkanes) is 60. The molecule has 0 saturated heterocycles. The fraction of sp³-hybridized carbons (Fsp3) is 0.627. The summed E-state index contributed by atoms with van der Waals surface area (Å²) >= 11 is 10.5. The van der Waals surface area contributed by atoms with E-state index in [1.165, 1.54) is 547 Å². The molecule has 0 aliphatic heterocycles. The minimum Gasteiger partial charge on any atom is -0.253 e. The van der Waals surface area contributed by atoms with Gasteiger partial charge in [0.25, 0.3) is 0 Å². The maximum atomic E-state index is 5.72. The fourth-order valence-corrected chi connectivity index (χ4v) is 30.8. The van der Waals surface area contributed by atoms with Crippen molar-refractivity contribution < 1.29 is 0 Å². The predicted molar refractivity (Wildman–Crippen MR) is 646 cm³/mol. The van der Waals surface area contributed by atoms with Gasteiger partial charge in [-0.25, -0.2) is 0 Å². The smallest absolute Gasteiger partial charge is 0.132 e. The van der Waals surface area contributed by atoms with Gasteiger partial charge in [-0.3, -0.25) is 9.97 Å². The van der Waals surface area contributed by atoms with E-state index in [9.17, 15) is 0 Å². The summed E-state index contributed by atoms with van der Waals surface area (Å²) in [6.07, 6.45) is 107. The Kier molecular flexibility index (Phi) is 52.0. The van der Waals surface area contributed by atoms with Crippen LogP contribution in [0.5, 0.6) is 0 Å². The summed E-state index contributed by atoms with van der Waals surface area (Å²) in [5, 5.41) is 0. The van der Waals surface area contributed by atoms with E-state index in [2.05, 4.69) is 169 Å². The standard InChI is InChI=1S/C134H192N6S6/c1-7-11-15-19-23-27-31-35-39-43-47-51-55-59-63-67-71-107-75-83-111(84-76-107)91-95-133(96-92-112-85-77-108(78-86-112)72-68-64-60-56-52-48-44-40-36-32-28-24-20-16-12-8-2)116-99-106(6)141-129(116)130-117(133)100-120(142-130)115-104-136-126(128-124(115)138-146-140-128)122-102-119-132(144-122)131-118(101-121(143-131)125-127-123(137-145-139-127)105(5)103-135-125)134(119,97-93-113-87-79-109(80-88-113)73-69-65-61-57-53-49-45-41-37-33-29-25-21-17-13-9-3)98-94-114-89-81-110(82-90-114)74-70-66-62-58-54-50-46-42-38-34-30-26-22-18-14-10-4/h75-90,99-104H,7-74,91-98H2,1-6H3. The second kappa shape index (κ2) is 65.9. The highest BCUT2D eigenvalue weighted by atomic mass is 32.1. The molecule has 0 amide bonds. The van der Waals surface area contributed by atoms with Crippen LogP contribution in [0.25, 0.3) is 73.2 Å². The molecule has 0 radical (unpaired) electrons. The van der Waals surface area contributed by atoms with Gasteiger partial charge >= 0.3 is 0 Å². The molecule has 0 spiro atoms. The van der Waals surface area contributed by atoms with Gasteiger partial charge in [0, 0.05) is 58.1 Å². The van der Waals surface area contributed by atoms with Crippen LogP contribution in [0.4, 0.5) is 0 Å². The van der Waals surface area contributed by atoms with Crippen LogP contribution in [0.15, 0.2) is 134 Å². The highest BCUT2D eigenvalue weighted by Gasteiger charge is 2.48. The molecular weight excluding hydrogens is 1890 g/mol. The van der Waals surface area contributed by atoms with Gasteiger partial charge in [0.2, 0.25) is 0 Å². The number of pyridine rings is 2. The van der Waals surface area contributed by atoms with Crippen LogP contribution in [0.1, 0.15) is 542 Å². The first kappa shape index (κ1) is 115. The van der Waals surface area contributed by atoms with E-state index in [1.54, 1.807) is 5.56 Å². The van der Waals surface area contributed by atoms with Crippen LogP contribution in [-0.2, 0) is 62.2 Å². The second-order valence-electron chi connectivity index (χ2n) is 45.5. The molecule has 8 aromatic heterocycles. The van der Waals surface area contributed by atoms with E-state index >= 15 is 0 Å². The van der Waals surface area contributed by atoms with E-state index < -0.39 is 0 Å². The van der Waals surface area contributed by atoms with Crippen molar-refractivity contribution in [3.63, 3.8) is 0 Å². The zero-order valence-electron chi connectivity index (χ0n) is 92.6. The van der Waals surface area contributed by atoms with Gasteiger partial charge in [-0.05, 0) is 213 Å². The summed E-state index contributed by atoms with van der Waals surface area (Å²) in [7, 11) is 0. The Hall–Kier alpha value is -6.38. The molecule has 0 atom stereocenters. The van der Waals surface area contributed by atoms with Gasteiger partial charge in [0.1, 0.15) is 33.5 Å². The Morgan fingerprint density at radius 2 is 0.411 bits per heavy atom. The topological polar surface area (TPSA) is 77.3 Å². The van der Waals surface area contributed by atoms with Crippen LogP contribution in [0.3, 0.4) is 0 Å². The number of nitrogens with zero attached hydrogens (tertiary/aromatic N) is 6. The van der Waals surface area contributed by atoms with Gasteiger partial charge in [0.15, 0.2) is 0 Å². The zero-order chi connectivity index (χ0) is 101. The summed E-state index contributed by atoms with van der Waals surface area (Å²) < 4.78 is 20.5. The van der Waals surface area contributed by atoms with Crippen LogP contribution < -0.4 is 0 Å². The van der Waals surface area contributed by atoms with Gasteiger partial charge in [0.05, 0.1) is 33.2 Å². The summed E-state index contributed by atoms with van der Waals surface area (Å²) in [4.78, 5) is 21.6. The molecule has 0 bridgehead atoms. The van der Waals surface area contributed by atoms with E-state index in [0.717, 1.165) is 109 Å². The van der Waals surface area contributed by atoms with Crippen molar-refractivity contribution >= 4 is 90.9 Å². The average Bonchev–Trinajstić information content (AvgIpc) is 1.54. The van der Waals surface area contributed by atoms with Crippen LogP contribution in [0, 0.1) is 13.8 Å². The van der Waals surface area contributed by atoms with Crippen molar-refractivity contribution in [2.24, 2.45) is 0 Å². The molecule has 794 valence electrons. The molecule has 0 unspecified atom stereocenters. The van der Waals surface area contributed by atoms with E-state index in [1.807, 2.05) is 51.5 Å². The summed E-state index contributed by atoms with van der Waals surface area (Å²) in [5.41, 5.74) is 25.0. The molecule has 12 aromatic rings. The first-order chi connectivity index (χ1) is 72.1. The van der Waals surface area contributed by atoms with Crippen LogP contribution in [0.2, 0.25) is 0 Å². The van der Waals surface area contributed by atoms with Crippen LogP contribution >= 0.6 is 68.8 Å². The van der Waals surface area contributed by atoms with E-state index in [-0.39, 0.29) is 10.8 Å². The Labute approximate surface area is 913 Å². The molecule has 0 fully saturated rings. The molecule has 0 saturated carbocycles. The molecule has 4 aromatic carbocycles. The normalized spacial score (nSPS) is 13.0. The lowest BCUT2D eigenvalue weighted by Crippen LogP contribution is -2.26. The van der Waals surface area contributed by atoms with Crippen molar-refractivity contribution in [1.29, 1.82) is 0 Å². The maximum Gasteiger partial charge on any atom is 0.132 e. The number of aromatic nitrogens is 6. The van der Waals surface area contributed by atoms with Gasteiger partial charge in [-0.1, -0.05) is 510 Å². The number of rotatable bonds is 83. The minimum absolute atomic E-state index is 0.165. The Balaban J connectivity index is 0.684. The molecule has 2 aliphatic rings. The number of aryl methyl sites for hydroxylation is 10. The first-order valence-corrected chi connectivity index (χ1v) is 65.9. The molecule has 0 N–H and O–H groups in total. The maximum absolute atomic E-state index is 5.72. The van der Waals surface area contributed by atoms with Crippen molar-refractivity contribution in [1.82, 2.24) is 27.5 Å². The lowest BCUT2D eigenvalue weighted by molar-refractivity contribution is 0.447. The van der Waals surface area contributed by atoms with E-state index in [4.69, 9.17) is 27.5 Å². The van der Waals surface area contributed by atoms with Crippen molar-refractivity contribution in [3.8, 4) is 51.1 Å². The lowest BCUT2D eigenvalue weighted by Gasteiger charge is -2.32. The molecule has 2 aliphatic carbocycles. The molecule has 8 heterocycles. The minimum atomic E-state index is -0.304. The molecule has 12 heteroatoms. The van der Waals surface area contributed by atoms with Gasteiger partial charge < -0.3 is 0 Å². The lowest BCUT2D eigenvalue weighted by atomic mass is 9.71. The monoisotopic (exact) mass is 2080 g/mol. The number of benzene rings is 4. The third-order valence-corrected chi connectivity index (χ3v) is 39.6. The third-order valence-electron chi connectivity index (χ3n) is 33.8. The molecule has 6 nitrogen and oxygen atoms in total. The largest absolute Gasteiger partial charge is 0.253 e. The third kappa shape index (κ3) is 35.9. The summed E-state index contributed by atoms with van der Waals surface area (Å²) in [6.45, 7) is 13.8. The Morgan fingerprint density at radius 3 is 0.685 bits per heavy atom. The quantitative estimate of drug-likeness (QED) is 0.0354. The first-order valence-electron chi connectivity index (χ1n) is 61.2. The van der Waals surface area contributed by atoms with Gasteiger partial charge in [-0.15, -0.1) is 45.3 Å². The van der Waals surface area contributed by atoms with Crippen molar-refractivity contribution in [2.75, 3.05) is 0 Å². The number of thiophene rings is 4. The van der Waals surface area contributed by atoms with Crippen molar-refractivity contribution in [3.05, 3.63) is 211 Å². The van der Waals surface area contributed by atoms with Gasteiger partial charge in [-0.2, -0.15) is 17.5 Å². The average molecular weight is 2080 g/mol. The molecular formula is C134H192N6S6.